The molecular formula is C12H13I3O2. The SMILES string of the molecule is CCC(=O)CCCOc1c(I)cc(I)cc1I. The largest absolute Gasteiger partial charge is 0.491 e. The summed E-state index contributed by atoms with van der Waals surface area (Å²) in [5.74, 6) is 1.25. The van der Waals surface area contributed by atoms with Gasteiger partial charge in [-0.2, -0.15) is 0 Å². The maximum atomic E-state index is 11.1. The van der Waals surface area contributed by atoms with Crippen molar-refractivity contribution in [3.05, 3.63) is 22.8 Å². The highest BCUT2D eigenvalue weighted by molar-refractivity contribution is 14.1. The third-order valence-corrected chi connectivity index (χ3v) is 4.43. The molecule has 0 N–H and O–H groups in total. The van der Waals surface area contributed by atoms with E-state index in [4.69, 9.17) is 4.74 Å². The molecule has 1 aromatic carbocycles. The lowest BCUT2D eigenvalue weighted by atomic mass is 10.2. The Kier molecular flexibility index (Phi) is 7.62. The van der Waals surface area contributed by atoms with E-state index in [-0.39, 0.29) is 0 Å². The lowest BCUT2D eigenvalue weighted by Gasteiger charge is -2.10. The summed E-state index contributed by atoms with van der Waals surface area (Å²) in [4.78, 5) is 11.1. The first-order chi connectivity index (χ1) is 8.04. The van der Waals surface area contributed by atoms with Crippen molar-refractivity contribution in [3.63, 3.8) is 0 Å². The summed E-state index contributed by atoms with van der Waals surface area (Å²) in [7, 11) is 0. The average molecular weight is 570 g/mol. The van der Waals surface area contributed by atoms with Gasteiger partial charge in [0, 0.05) is 16.4 Å². The van der Waals surface area contributed by atoms with Gasteiger partial charge in [-0.25, -0.2) is 0 Å². The molecule has 0 aliphatic carbocycles. The molecule has 0 aliphatic heterocycles. The molecule has 0 atom stereocenters. The van der Waals surface area contributed by atoms with Gasteiger partial charge in [-0.1, -0.05) is 6.92 Å². The van der Waals surface area contributed by atoms with Gasteiger partial charge in [0.15, 0.2) is 0 Å². The molecule has 0 saturated carbocycles. The molecule has 0 aromatic heterocycles. The number of halogens is 3. The molecule has 94 valence electrons. The Morgan fingerprint density at radius 1 is 1.24 bits per heavy atom. The van der Waals surface area contributed by atoms with E-state index >= 15 is 0 Å². The first kappa shape index (κ1) is 15.9. The Morgan fingerprint density at radius 2 is 1.82 bits per heavy atom. The molecule has 0 spiro atoms. The second-order valence-corrected chi connectivity index (χ2v) is 7.11. The van der Waals surface area contributed by atoms with Gasteiger partial charge >= 0.3 is 0 Å². The van der Waals surface area contributed by atoms with E-state index in [0.717, 1.165) is 19.3 Å². The average Bonchev–Trinajstić information content (AvgIpc) is 2.26. The second-order valence-electron chi connectivity index (χ2n) is 3.54. The first-order valence-corrected chi connectivity index (χ1v) is 8.57. The molecular weight excluding hydrogens is 557 g/mol. The van der Waals surface area contributed by atoms with Gasteiger partial charge < -0.3 is 4.74 Å². The fourth-order valence-electron chi connectivity index (χ4n) is 1.29. The number of rotatable bonds is 6. The summed E-state index contributed by atoms with van der Waals surface area (Å²) in [5.41, 5.74) is 0. The van der Waals surface area contributed by atoms with Gasteiger partial charge in [0.1, 0.15) is 11.5 Å². The third kappa shape index (κ3) is 5.58. The van der Waals surface area contributed by atoms with Crippen LogP contribution in [-0.2, 0) is 4.79 Å². The Balaban J connectivity index is 2.50. The number of hydrogen-bond acceptors (Lipinski definition) is 2. The monoisotopic (exact) mass is 570 g/mol. The van der Waals surface area contributed by atoms with Gasteiger partial charge in [0.25, 0.3) is 0 Å². The standard InChI is InChI=1S/C12H13I3O2/c1-2-9(16)4-3-5-17-12-10(14)6-8(13)7-11(12)15/h6-7H,2-5H2,1H3. The Bertz CT molecular complexity index is 382. The predicted octanol–water partition coefficient (Wildman–Crippen LogP) is 4.64. The van der Waals surface area contributed by atoms with Crippen molar-refractivity contribution in [2.45, 2.75) is 26.2 Å². The van der Waals surface area contributed by atoms with Crippen LogP contribution in [0.4, 0.5) is 0 Å². The highest BCUT2D eigenvalue weighted by Gasteiger charge is 2.08. The van der Waals surface area contributed by atoms with Gasteiger partial charge in [-0.15, -0.1) is 0 Å². The number of carbonyl (C=O) groups is 1. The minimum Gasteiger partial charge on any atom is -0.491 e. The Hall–Kier alpha value is 0.880. The molecule has 1 rings (SSSR count). The first-order valence-electron chi connectivity index (χ1n) is 5.33. The molecule has 0 unspecified atom stereocenters. The quantitative estimate of drug-likeness (QED) is 0.369. The Labute approximate surface area is 143 Å². The zero-order chi connectivity index (χ0) is 12.8. The highest BCUT2D eigenvalue weighted by atomic mass is 127. The van der Waals surface area contributed by atoms with E-state index in [1.165, 1.54) is 3.57 Å². The summed E-state index contributed by atoms with van der Waals surface area (Å²) in [6.45, 7) is 2.51. The third-order valence-electron chi connectivity index (χ3n) is 2.20. The predicted molar refractivity (Wildman–Crippen MR) is 94.6 cm³/mol. The zero-order valence-corrected chi connectivity index (χ0v) is 15.9. The number of ketones is 1. The van der Waals surface area contributed by atoms with Crippen LogP contribution in [0.25, 0.3) is 0 Å². The van der Waals surface area contributed by atoms with E-state index in [9.17, 15) is 4.79 Å². The maximum Gasteiger partial charge on any atom is 0.145 e. The van der Waals surface area contributed by atoms with Crippen LogP contribution < -0.4 is 4.74 Å². The van der Waals surface area contributed by atoms with E-state index in [0.29, 0.717) is 25.2 Å². The van der Waals surface area contributed by atoms with E-state index in [1.54, 1.807) is 0 Å². The highest BCUT2D eigenvalue weighted by Crippen LogP contribution is 2.29. The van der Waals surface area contributed by atoms with Crippen molar-refractivity contribution in [2.75, 3.05) is 6.61 Å². The van der Waals surface area contributed by atoms with Crippen LogP contribution in [0.3, 0.4) is 0 Å². The molecule has 0 aliphatic rings. The second kappa shape index (κ2) is 8.13. The normalized spacial score (nSPS) is 10.4. The van der Waals surface area contributed by atoms with Crippen molar-refractivity contribution in [3.8, 4) is 5.75 Å². The minimum atomic E-state index is 0.306. The fraction of sp³-hybridized carbons (Fsp3) is 0.417. The molecule has 0 fully saturated rings. The van der Waals surface area contributed by atoms with Gasteiger partial charge in [0.05, 0.1) is 13.7 Å². The van der Waals surface area contributed by atoms with Crippen molar-refractivity contribution >= 4 is 73.6 Å². The van der Waals surface area contributed by atoms with Gasteiger partial charge in [0.2, 0.25) is 0 Å². The zero-order valence-electron chi connectivity index (χ0n) is 9.43. The van der Waals surface area contributed by atoms with Crippen LogP contribution in [0.1, 0.15) is 26.2 Å². The van der Waals surface area contributed by atoms with Crippen LogP contribution >= 0.6 is 67.8 Å². The molecule has 1 aromatic rings. The molecule has 0 heterocycles. The van der Waals surface area contributed by atoms with Crippen LogP contribution in [0.15, 0.2) is 12.1 Å². The molecule has 0 bridgehead atoms. The summed E-state index contributed by atoms with van der Waals surface area (Å²) in [6, 6.07) is 4.19. The lowest BCUT2D eigenvalue weighted by molar-refractivity contribution is -0.118. The molecule has 0 radical (unpaired) electrons. The van der Waals surface area contributed by atoms with Gasteiger partial charge in [-0.05, 0) is 86.3 Å². The molecule has 5 heteroatoms. The molecule has 0 amide bonds. The summed E-state index contributed by atoms with van der Waals surface area (Å²) in [5, 5.41) is 0. The molecule has 17 heavy (non-hydrogen) atoms. The number of Topliss-reactive ketones (excluding diaryl/α,β-unsaturated/α-hetero) is 1. The molecule has 0 saturated heterocycles. The van der Waals surface area contributed by atoms with Crippen molar-refractivity contribution in [1.29, 1.82) is 0 Å². The number of hydrogen-bond donors (Lipinski definition) is 0. The van der Waals surface area contributed by atoms with E-state index in [1.807, 2.05) is 6.92 Å². The number of benzene rings is 1. The number of ether oxygens (including phenoxy) is 1. The van der Waals surface area contributed by atoms with Crippen LogP contribution in [-0.4, -0.2) is 12.4 Å². The minimum absolute atomic E-state index is 0.306. The fourth-order valence-corrected chi connectivity index (χ4v) is 5.18. The Morgan fingerprint density at radius 3 is 2.35 bits per heavy atom. The van der Waals surface area contributed by atoms with Crippen LogP contribution in [0, 0.1) is 10.7 Å². The van der Waals surface area contributed by atoms with Crippen molar-refractivity contribution < 1.29 is 9.53 Å². The summed E-state index contributed by atoms with van der Waals surface area (Å²) < 4.78 is 9.21. The smallest absolute Gasteiger partial charge is 0.145 e. The van der Waals surface area contributed by atoms with Crippen LogP contribution in [0.5, 0.6) is 5.75 Å². The van der Waals surface area contributed by atoms with E-state index in [2.05, 4.69) is 79.9 Å². The number of carbonyl (C=O) groups excluding carboxylic acids is 1. The van der Waals surface area contributed by atoms with E-state index < -0.39 is 0 Å². The lowest BCUT2D eigenvalue weighted by Crippen LogP contribution is -2.04. The summed E-state index contributed by atoms with van der Waals surface area (Å²) in [6.07, 6.45) is 2.04. The van der Waals surface area contributed by atoms with Crippen molar-refractivity contribution in [1.82, 2.24) is 0 Å². The molecule has 2 nitrogen and oxygen atoms in total. The van der Waals surface area contributed by atoms with Crippen molar-refractivity contribution in [2.24, 2.45) is 0 Å². The summed E-state index contributed by atoms with van der Waals surface area (Å²) >= 11 is 6.86. The van der Waals surface area contributed by atoms with Gasteiger partial charge in [-0.3, -0.25) is 4.79 Å². The topological polar surface area (TPSA) is 26.3 Å². The van der Waals surface area contributed by atoms with Crippen LogP contribution in [0.2, 0.25) is 0 Å². The maximum absolute atomic E-state index is 11.1.